The molecule has 2 atom stereocenters. The average Bonchev–Trinajstić information content (AvgIpc) is 2.48. The maximum atomic E-state index is 6.78. The molecule has 0 heterocycles. The largest absolute Gasteiger partial charge is 0.321 e. The van der Waals surface area contributed by atoms with Crippen LogP contribution in [0.15, 0.2) is 42.5 Å². The highest BCUT2D eigenvalue weighted by Crippen LogP contribution is 2.41. The molecule has 0 amide bonds. The Labute approximate surface area is 136 Å². The fraction of sp³-hybridized carbons (Fsp3) is 0.333. The fourth-order valence-electron chi connectivity index (χ4n) is 3.34. The van der Waals surface area contributed by atoms with Crippen molar-refractivity contribution >= 4 is 23.2 Å². The van der Waals surface area contributed by atoms with E-state index in [1.165, 1.54) is 11.1 Å². The Bertz CT molecular complexity index is 668. The first-order valence-corrected chi connectivity index (χ1v) is 8.07. The van der Waals surface area contributed by atoms with Gasteiger partial charge in [0.25, 0.3) is 0 Å². The molecule has 2 aromatic carbocycles. The van der Waals surface area contributed by atoms with Crippen molar-refractivity contribution in [3.63, 3.8) is 0 Å². The highest BCUT2D eigenvalue weighted by molar-refractivity contribution is 6.42. The van der Waals surface area contributed by atoms with Crippen molar-refractivity contribution in [2.45, 2.75) is 37.6 Å². The number of benzene rings is 2. The SMILES string of the molecule is CC1CCC(N)(Cc2ccc(Cl)c(Cl)c2)c2ccccc21. The molecule has 1 nitrogen and oxygen atoms in total. The minimum atomic E-state index is -0.319. The number of hydrogen-bond acceptors (Lipinski definition) is 1. The first-order valence-electron chi connectivity index (χ1n) is 7.32. The van der Waals surface area contributed by atoms with Crippen LogP contribution in [0.25, 0.3) is 0 Å². The molecule has 2 N–H and O–H groups in total. The topological polar surface area (TPSA) is 26.0 Å². The molecule has 3 rings (SSSR count). The third-order valence-corrected chi connectivity index (χ3v) is 5.29. The van der Waals surface area contributed by atoms with Gasteiger partial charge in [-0.15, -0.1) is 0 Å². The molecule has 0 spiro atoms. The third-order valence-electron chi connectivity index (χ3n) is 4.56. The number of nitrogens with two attached hydrogens (primary N) is 1. The van der Waals surface area contributed by atoms with Crippen molar-refractivity contribution < 1.29 is 0 Å². The zero-order valence-electron chi connectivity index (χ0n) is 12.1. The van der Waals surface area contributed by atoms with Crippen LogP contribution < -0.4 is 5.73 Å². The molecule has 2 aromatic rings. The summed E-state index contributed by atoms with van der Waals surface area (Å²) in [5.74, 6) is 0.576. The summed E-state index contributed by atoms with van der Waals surface area (Å²) in [5, 5.41) is 1.18. The molecule has 0 radical (unpaired) electrons. The predicted octanol–water partition coefficient (Wildman–Crippen LogP) is 5.29. The molecule has 2 unspecified atom stereocenters. The second kappa shape index (κ2) is 5.64. The summed E-state index contributed by atoms with van der Waals surface area (Å²) < 4.78 is 0. The summed E-state index contributed by atoms with van der Waals surface area (Å²) in [4.78, 5) is 0. The van der Waals surface area contributed by atoms with Crippen LogP contribution >= 0.6 is 23.2 Å². The molecule has 0 aliphatic heterocycles. The zero-order chi connectivity index (χ0) is 15.0. The molecule has 21 heavy (non-hydrogen) atoms. The summed E-state index contributed by atoms with van der Waals surface area (Å²) in [5.41, 5.74) is 10.2. The maximum absolute atomic E-state index is 6.78. The van der Waals surface area contributed by atoms with Gasteiger partial charge in [-0.05, 0) is 54.0 Å². The molecule has 0 saturated heterocycles. The van der Waals surface area contributed by atoms with Gasteiger partial charge in [0.2, 0.25) is 0 Å². The lowest BCUT2D eigenvalue weighted by Crippen LogP contribution is -2.42. The second-order valence-corrected chi connectivity index (χ2v) is 6.92. The Morgan fingerprint density at radius 2 is 1.90 bits per heavy atom. The smallest absolute Gasteiger partial charge is 0.0595 e. The second-order valence-electron chi connectivity index (χ2n) is 6.11. The van der Waals surface area contributed by atoms with E-state index in [4.69, 9.17) is 28.9 Å². The van der Waals surface area contributed by atoms with Crippen molar-refractivity contribution in [2.24, 2.45) is 5.73 Å². The first-order chi connectivity index (χ1) is 9.99. The Morgan fingerprint density at radius 3 is 2.67 bits per heavy atom. The van der Waals surface area contributed by atoms with Crippen molar-refractivity contribution in [2.75, 3.05) is 0 Å². The van der Waals surface area contributed by atoms with E-state index in [0.717, 1.165) is 24.8 Å². The van der Waals surface area contributed by atoms with E-state index in [9.17, 15) is 0 Å². The lowest BCUT2D eigenvalue weighted by Gasteiger charge is -2.38. The molecular weight excluding hydrogens is 301 g/mol. The number of rotatable bonds is 2. The molecule has 1 aliphatic carbocycles. The van der Waals surface area contributed by atoms with Gasteiger partial charge in [-0.1, -0.05) is 60.5 Å². The van der Waals surface area contributed by atoms with E-state index in [2.05, 4.69) is 31.2 Å². The molecule has 0 saturated carbocycles. The number of hydrogen-bond donors (Lipinski definition) is 1. The molecule has 3 heteroatoms. The van der Waals surface area contributed by atoms with Crippen molar-refractivity contribution in [1.29, 1.82) is 0 Å². The monoisotopic (exact) mass is 319 g/mol. The maximum Gasteiger partial charge on any atom is 0.0595 e. The minimum absolute atomic E-state index is 0.319. The molecule has 0 aromatic heterocycles. The Balaban J connectivity index is 1.97. The Kier molecular flexibility index (Phi) is 4.00. The first kappa shape index (κ1) is 14.9. The van der Waals surface area contributed by atoms with Gasteiger partial charge in [0.05, 0.1) is 10.0 Å². The normalized spacial score (nSPS) is 24.7. The molecule has 0 bridgehead atoms. The van der Waals surface area contributed by atoms with Crippen LogP contribution in [-0.4, -0.2) is 0 Å². The Morgan fingerprint density at radius 1 is 1.14 bits per heavy atom. The Hall–Kier alpha value is -1.02. The van der Waals surface area contributed by atoms with E-state index in [1.807, 2.05) is 18.2 Å². The third kappa shape index (κ3) is 2.83. The standard InChI is InChI=1S/C18H19Cl2N/c1-12-8-9-18(21,15-5-3-2-4-14(12)15)11-13-6-7-16(19)17(20)10-13/h2-7,10,12H,8-9,11,21H2,1H3. The molecule has 0 fully saturated rings. The molecule has 110 valence electrons. The van der Waals surface area contributed by atoms with E-state index in [-0.39, 0.29) is 5.54 Å². The fourth-order valence-corrected chi connectivity index (χ4v) is 3.66. The van der Waals surface area contributed by atoms with E-state index in [0.29, 0.717) is 16.0 Å². The van der Waals surface area contributed by atoms with Gasteiger partial charge in [-0.3, -0.25) is 0 Å². The quantitative estimate of drug-likeness (QED) is 0.799. The average molecular weight is 320 g/mol. The van der Waals surface area contributed by atoms with Gasteiger partial charge >= 0.3 is 0 Å². The molecule has 1 aliphatic rings. The van der Waals surface area contributed by atoms with Gasteiger partial charge < -0.3 is 5.73 Å². The van der Waals surface area contributed by atoms with Crippen LogP contribution in [0.2, 0.25) is 10.0 Å². The van der Waals surface area contributed by atoms with E-state index in [1.54, 1.807) is 0 Å². The van der Waals surface area contributed by atoms with Gasteiger partial charge in [0, 0.05) is 5.54 Å². The summed E-state index contributed by atoms with van der Waals surface area (Å²) >= 11 is 12.1. The van der Waals surface area contributed by atoms with Crippen LogP contribution in [0.4, 0.5) is 0 Å². The number of fused-ring (bicyclic) bond motifs is 1. The lowest BCUT2D eigenvalue weighted by atomic mass is 9.70. The number of halogens is 2. The summed E-state index contributed by atoms with van der Waals surface area (Å²) in [6, 6.07) is 14.3. The predicted molar refractivity (Wildman–Crippen MR) is 90.1 cm³/mol. The van der Waals surface area contributed by atoms with E-state index < -0.39 is 0 Å². The summed E-state index contributed by atoms with van der Waals surface area (Å²) in [6.45, 7) is 2.28. The summed E-state index contributed by atoms with van der Waals surface area (Å²) in [6.07, 6.45) is 2.90. The minimum Gasteiger partial charge on any atom is -0.321 e. The highest BCUT2D eigenvalue weighted by atomic mass is 35.5. The van der Waals surface area contributed by atoms with Gasteiger partial charge in [-0.25, -0.2) is 0 Å². The van der Waals surface area contributed by atoms with Gasteiger partial charge in [0.15, 0.2) is 0 Å². The highest BCUT2D eigenvalue weighted by Gasteiger charge is 2.35. The van der Waals surface area contributed by atoms with Crippen LogP contribution in [0.5, 0.6) is 0 Å². The lowest BCUT2D eigenvalue weighted by molar-refractivity contribution is 0.349. The van der Waals surface area contributed by atoms with Crippen LogP contribution in [0.1, 0.15) is 42.4 Å². The van der Waals surface area contributed by atoms with Crippen molar-refractivity contribution in [1.82, 2.24) is 0 Å². The molecular formula is C18H19Cl2N. The van der Waals surface area contributed by atoms with Crippen LogP contribution in [0.3, 0.4) is 0 Å². The summed E-state index contributed by atoms with van der Waals surface area (Å²) in [7, 11) is 0. The van der Waals surface area contributed by atoms with Crippen LogP contribution in [0, 0.1) is 0 Å². The van der Waals surface area contributed by atoms with Gasteiger partial charge in [0.1, 0.15) is 0 Å². The zero-order valence-corrected chi connectivity index (χ0v) is 13.6. The van der Waals surface area contributed by atoms with Gasteiger partial charge in [-0.2, -0.15) is 0 Å². The van der Waals surface area contributed by atoms with Crippen LogP contribution in [-0.2, 0) is 12.0 Å². The van der Waals surface area contributed by atoms with Crippen molar-refractivity contribution in [3.05, 3.63) is 69.2 Å². The van der Waals surface area contributed by atoms with Crippen molar-refractivity contribution in [3.8, 4) is 0 Å². The van der Waals surface area contributed by atoms with E-state index >= 15 is 0 Å².